The molecule has 2 aromatic heterocycles. The van der Waals surface area contributed by atoms with Crippen LogP contribution in [0.2, 0.25) is 0 Å². The Hall–Kier alpha value is -1.95. The predicted molar refractivity (Wildman–Crippen MR) is 57.0 cm³/mol. The number of hydrogen-bond donors (Lipinski definition) is 2. The van der Waals surface area contributed by atoms with Crippen molar-refractivity contribution in [3.63, 3.8) is 0 Å². The number of aliphatic carboxylic acids is 1. The smallest absolute Gasteiger partial charge is 0.320 e. The van der Waals surface area contributed by atoms with Crippen LogP contribution in [-0.2, 0) is 11.2 Å². The first-order valence-corrected chi connectivity index (χ1v) is 4.86. The van der Waals surface area contributed by atoms with Crippen LogP contribution in [0, 0.1) is 6.92 Å². The normalized spacial score (nSPS) is 12.9. The van der Waals surface area contributed by atoms with E-state index < -0.39 is 12.0 Å². The molecule has 0 saturated heterocycles. The number of hydrogen-bond acceptors (Lipinski definition) is 4. The highest BCUT2D eigenvalue weighted by molar-refractivity contribution is 5.73. The molecule has 2 aromatic rings. The number of nitrogens with two attached hydrogens (primary N) is 1. The Bertz CT molecular complexity index is 535. The first-order valence-electron chi connectivity index (χ1n) is 4.86. The Morgan fingerprint density at radius 1 is 1.69 bits per heavy atom. The summed E-state index contributed by atoms with van der Waals surface area (Å²) in [7, 11) is 0. The fourth-order valence-electron chi connectivity index (χ4n) is 1.50. The third-order valence-electron chi connectivity index (χ3n) is 2.28. The van der Waals surface area contributed by atoms with Gasteiger partial charge in [0.1, 0.15) is 11.9 Å². The lowest BCUT2D eigenvalue weighted by Crippen LogP contribution is -2.32. The van der Waals surface area contributed by atoms with E-state index in [1.807, 2.05) is 0 Å². The number of pyridine rings is 1. The molecule has 2 heterocycles. The minimum Gasteiger partial charge on any atom is -0.480 e. The van der Waals surface area contributed by atoms with Gasteiger partial charge in [0.05, 0.1) is 0 Å². The van der Waals surface area contributed by atoms with Crippen LogP contribution < -0.4 is 5.73 Å². The molecule has 6 heteroatoms. The fourth-order valence-corrected chi connectivity index (χ4v) is 1.50. The van der Waals surface area contributed by atoms with Gasteiger partial charge in [-0.3, -0.25) is 4.79 Å². The molecule has 0 aliphatic rings. The lowest BCUT2D eigenvalue weighted by Gasteiger charge is -2.05. The number of nitrogens with zero attached hydrogens (tertiary/aromatic N) is 3. The molecule has 1 unspecified atom stereocenters. The van der Waals surface area contributed by atoms with Crippen molar-refractivity contribution >= 4 is 11.6 Å². The maximum absolute atomic E-state index is 10.6. The Morgan fingerprint density at radius 2 is 2.44 bits per heavy atom. The van der Waals surface area contributed by atoms with Gasteiger partial charge in [-0.25, -0.2) is 9.50 Å². The number of aryl methyl sites for hydroxylation is 1. The Labute approximate surface area is 91.7 Å². The van der Waals surface area contributed by atoms with Crippen molar-refractivity contribution in [3.8, 4) is 0 Å². The number of carboxylic acids is 1. The van der Waals surface area contributed by atoms with Gasteiger partial charge >= 0.3 is 5.97 Å². The van der Waals surface area contributed by atoms with Gasteiger partial charge in [-0.2, -0.15) is 5.10 Å². The summed E-state index contributed by atoms with van der Waals surface area (Å²) in [6.45, 7) is 1.80. The van der Waals surface area contributed by atoms with Crippen molar-refractivity contribution in [1.29, 1.82) is 0 Å². The zero-order valence-corrected chi connectivity index (χ0v) is 8.79. The topological polar surface area (TPSA) is 93.5 Å². The zero-order chi connectivity index (χ0) is 11.7. The van der Waals surface area contributed by atoms with Crippen LogP contribution in [0.5, 0.6) is 0 Å². The zero-order valence-electron chi connectivity index (χ0n) is 8.79. The molecule has 3 N–H and O–H groups in total. The number of carboxylic acid groups (broad SMARTS) is 1. The first kappa shape index (κ1) is 10.6. The molecule has 0 fully saturated rings. The van der Waals surface area contributed by atoms with Crippen LogP contribution in [0.3, 0.4) is 0 Å². The van der Waals surface area contributed by atoms with Crippen LogP contribution in [0.25, 0.3) is 5.65 Å². The van der Waals surface area contributed by atoms with Gasteiger partial charge in [-0.05, 0) is 31.0 Å². The second-order valence-corrected chi connectivity index (χ2v) is 3.65. The summed E-state index contributed by atoms with van der Waals surface area (Å²) >= 11 is 0. The van der Waals surface area contributed by atoms with Crippen molar-refractivity contribution in [2.75, 3.05) is 0 Å². The van der Waals surface area contributed by atoms with Crippen molar-refractivity contribution < 1.29 is 9.90 Å². The molecule has 0 saturated carbocycles. The number of rotatable bonds is 3. The maximum Gasteiger partial charge on any atom is 0.320 e. The average molecular weight is 220 g/mol. The average Bonchev–Trinajstić information content (AvgIpc) is 2.57. The third kappa shape index (κ3) is 2.01. The molecular formula is C10H12N4O2. The van der Waals surface area contributed by atoms with Crippen LogP contribution in [0.1, 0.15) is 11.4 Å². The first-order chi connectivity index (χ1) is 7.56. The quantitative estimate of drug-likeness (QED) is 0.758. The molecule has 0 amide bonds. The SMILES string of the molecule is Cc1nc2cc(CC(N)C(=O)O)ccn2n1. The molecule has 84 valence electrons. The van der Waals surface area contributed by atoms with Gasteiger partial charge < -0.3 is 10.8 Å². The molecule has 2 rings (SSSR count). The molecule has 0 bridgehead atoms. The number of fused-ring (bicyclic) bond motifs is 1. The van der Waals surface area contributed by atoms with Crippen molar-refractivity contribution in [3.05, 3.63) is 29.7 Å². The highest BCUT2D eigenvalue weighted by Gasteiger charge is 2.12. The van der Waals surface area contributed by atoms with Gasteiger partial charge in [-0.15, -0.1) is 0 Å². The summed E-state index contributed by atoms with van der Waals surface area (Å²) in [4.78, 5) is 14.8. The van der Waals surface area contributed by atoms with Gasteiger partial charge in [0.2, 0.25) is 0 Å². The molecule has 0 radical (unpaired) electrons. The van der Waals surface area contributed by atoms with Crippen molar-refractivity contribution in [1.82, 2.24) is 14.6 Å². The van der Waals surface area contributed by atoms with Crippen molar-refractivity contribution in [2.45, 2.75) is 19.4 Å². The van der Waals surface area contributed by atoms with E-state index in [2.05, 4.69) is 10.1 Å². The Kier molecular flexibility index (Phi) is 2.57. The monoisotopic (exact) mass is 220 g/mol. The lowest BCUT2D eigenvalue weighted by molar-refractivity contribution is -0.138. The van der Waals surface area contributed by atoms with Gasteiger partial charge in [-0.1, -0.05) is 0 Å². The highest BCUT2D eigenvalue weighted by Crippen LogP contribution is 2.07. The second kappa shape index (κ2) is 3.90. The third-order valence-corrected chi connectivity index (χ3v) is 2.28. The molecule has 0 aromatic carbocycles. The Morgan fingerprint density at radius 3 is 3.12 bits per heavy atom. The van der Waals surface area contributed by atoms with Crippen molar-refractivity contribution in [2.24, 2.45) is 5.73 Å². The predicted octanol–water partition coefficient (Wildman–Crippen LogP) is -0.00788. The van der Waals surface area contributed by atoms with Gasteiger partial charge in [0.15, 0.2) is 5.65 Å². The van der Waals surface area contributed by atoms with E-state index in [0.717, 1.165) is 5.56 Å². The molecule has 0 spiro atoms. The van der Waals surface area contributed by atoms with Gasteiger partial charge in [0, 0.05) is 6.20 Å². The van der Waals surface area contributed by atoms with E-state index in [1.54, 1.807) is 29.8 Å². The van der Waals surface area contributed by atoms with E-state index in [1.165, 1.54) is 0 Å². The van der Waals surface area contributed by atoms with E-state index >= 15 is 0 Å². The van der Waals surface area contributed by atoms with Crippen LogP contribution in [-0.4, -0.2) is 31.7 Å². The molecule has 0 aliphatic carbocycles. The number of carbonyl (C=O) groups is 1. The lowest BCUT2D eigenvalue weighted by atomic mass is 10.1. The van der Waals surface area contributed by atoms with E-state index in [-0.39, 0.29) is 6.42 Å². The van der Waals surface area contributed by atoms with Crippen LogP contribution >= 0.6 is 0 Å². The van der Waals surface area contributed by atoms with Crippen LogP contribution in [0.4, 0.5) is 0 Å². The maximum atomic E-state index is 10.6. The van der Waals surface area contributed by atoms with Crippen LogP contribution in [0.15, 0.2) is 18.3 Å². The van der Waals surface area contributed by atoms with E-state index in [4.69, 9.17) is 10.8 Å². The fraction of sp³-hybridized carbons (Fsp3) is 0.300. The summed E-state index contributed by atoms with van der Waals surface area (Å²) < 4.78 is 1.64. The second-order valence-electron chi connectivity index (χ2n) is 3.65. The molecule has 0 aliphatic heterocycles. The summed E-state index contributed by atoms with van der Waals surface area (Å²) in [6.07, 6.45) is 2.04. The molecule has 6 nitrogen and oxygen atoms in total. The summed E-state index contributed by atoms with van der Waals surface area (Å²) in [6, 6.07) is 2.71. The molecule has 1 atom stereocenters. The number of aromatic nitrogens is 3. The largest absolute Gasteiger partial charge is 0.480 e. The summed E-state index contributed by atoms with van der Waals surface area (Å²) in [5, 5.41) is 12.8. The minimum absolute atomic E-state index is 0.289. The standard InChI is InChI=1S/C10H12N4O2/c1-6-12-9-5-7(2-3-14(9)13-6)4-8(11)10(15)16/h2-3,5,8H,4,11H2,1H3,(H,15,16). The Balaban J connectivity index is 2.28. The molecule has 16 heavy (non-hydrogen) atoms. The molecular weight excluding hydrogens is 208 g/mol. The highest BCUT2D eigenvalue weighted by atomic mass is 16.4. The van der Waals surface area contributed by atoms with E-state index in [0.29, 0.717) is 11.5 Å². The minimum atomic E-state index is -1.00. The van der Waals surface area contributed by atoms with E-state index in [9.17, 15) is 4.79 Å². The summed E-state index contributed by atoms with van der Waals surface area (Å²) in [5.41, 5.74) is 7.00. The summed E-state index contributed by atoms with van der Waals surface area (Å²) in [5.74, 6) is -0.322. The van der Waals surface area contributed by atoms with Gasteiger partial charge in [0.25, 0.3) is 0 Å².